The van der Waals surface area contributed by atoms with Gasteiger partial charge in [0.25, 0.3) is 0 Å². The first-order valence-electron chi connectivity index (χ1n) is 10.8. The van der Waals surface area contributed by atoms with Gasteiger partial charge in [0.2, 0.25) is 0 Å². The summed E-state index contributed by atoms with van der Waals surface area (Å²) in [5.74, 6) is 0.0981. The minimum atomic E-state index is -0.336. The van der Waals surface area contributed by atoms with Crippen LogP contribution >= 0.6 is 55.1 Å². The molecular formula is C24H25Br2Cl2N3O2Se. The SMILES string of the molecule is CC(C)CN(CC(C)C)C(=O)CC(=O)c1nn(-c2ccc(Cl)cc2Cl)c(-c2ccc(Br)[se]2)c1Br. The Morgan fingerprint density at radius 1 is 1.06 bits per heavy atom. The van der Waals surface area contributed by atoms with Crippen molar-refractivity contribution in [1.82, 2.24) is 14.7 Å². The third-order valence-electron chi connectivity index (χ3n) is 4.87. The van der Waals surface area contributed by atoms with Crippen molar-refractivity contribution in [2.24, 2.45) is 11.8 Å². The van der Waals surface area contributed by atoms with Gasteiger partial charge in [-0.15, -0.1) is 0 Å². The van der Waals surface area contributed by atoms with E-state index in [1.807, 2.05) is 12.1 Å². The van der Waals surface area contributed by atoms with E-state index in [-0.39, 0.29) is 38.3 Å². The second kappa shape index (κ2) is 11.9. The normalized spacial score (nSPS) is 11.5. The monoisotopic (exact) mass is 695 g/mol. The molecule has 2 heterocycles. The molecule has 182 valence electrons. The van der Waals surface area contributed by atoms with E-state index in [4.69, 9.17) is 23.2 Å². The molecule has 0 aliphatic heterocycles. The first-order valence-corrected chi connectivity index (χ1v) is 14.8. The van der Waals surface area contributed by atoms with Crippen molar-refractivity contribution < 1.29 is 9.59 Å². The predicted octanol–water partition coefficient (Wildman–Crippen LogP) is 7.14. The molecule has 34 heavy (non-hydrogen) atoms. The number of hydrogen-bond donors (Lipinski definition) is 0. The van der Waals surface area contributed by atoms with E-state index < -0.39 is 0 Å². The second-order valence-electron chi connectivity index (χ2n) is 8.81. The number of ketones is 1. The molecule has 0 spiro atoms. The van der Waals surface area contributed by atoms with Crippen LogP contribution in [0, 0.1) is 11.8 Å². The number of Topliss-reactive ketones (excluding diaryl/α,β-unsaturated/α-hetero) is 1. The second-order valence-corrected chi connectivity index (χ2v) is 14.8. The molecule has 5 nitrogen and oxygen atoms in total. The maximum atomic E-state index is 13.3. The molecular weight excluding hydrogens is 672 g/mol. The van der Waals surface area contributed by atoms with Crippen molar-refractivity contribution in [2.75, 3.05) is 13.1 Å². The molecule has 0 fully saturated rings. The van der Waals surface area contributed by atoms with Crippen LogP contribution in [0.3, 0.4) is 0 Å². The molecule has 0 aliphatic carbocycles. The molecule has 0 N–H and O–H groups in total. The van der Waals surface area contributed by atoms with Crippen LogP contribution in [0.15, 0.2) is 38.2 Å². The fraction of sp³-hybridized carbons (Fsp3) is 0.375. The molecule has 1 aromatic carbocycles. The van der Waals surface area contributed by atoms with Gasteiger partial charge in [-0.3, -0.25) is 0 Å². The number of rotatable bonds is 9. The summed E-state index contributed by atoms with van der Waals surface area (Å²) in [7, 11) is 0. The molecule has 10 heteroatoms. The number of aromatic nitrogens is 2. The Morgan fingerprint density at radius 3 is 2.24 bits per heavy atom. The molecule has 0 aliphatic rings. The van der Waals surface area contributed by atoms with E-state index >= 15 is 0 Å². The number of nitrogens with zero attached hydrogens (tertiary/aromatic N) is 3. The van der Waals surface area contributed by atoms with Crippen LogP contribution in [0.4, 0.5) is 0 Å². The van der Waals surface area contributed by atoms with Gasteiger partial charge in [0, 0.05) is 0 Å². The van der Waals surface area contributed by atoms with Gasteiger partial charge in [0.15, 0.2) is 0 Å². The van der Waals surface area contributed by atoms with Gasteiger partial charge in [-0.2, -0.15) is 0 Å². The van der Waals surface area contributed by atoms with Gasteiger partial charge in [0.05, 0.1) is 0 Å². The van der Waals surface area contributed by atoms with Gasteiger partial charge in [-0.1, -0.05) is 0 Å². The molecule has 0 bridgehead atoms. The summed E-state index contributed by atoms with van der Waals surface area (Å²) in [6.07, 6.45) is -0.241. The topological polar surface area (TPSA) is 55.2 Å². The Hall–Kier alpha value is -0.891. The summed E-state index contributed by atoms with van der Waals surface area (Å²) in [4.78, 5) is 28.2. The molecule has 3 aromatic rings. The average Bonchev–Trinajstić information content (AvgIpc) is 3.29. The maximum absolute atomic E-state index is 13.3. The van der Waals surface area contributed by atoms with E-state index in [1.54, 1.807) is 27.8 Å². The van der Waals surface area contributed by atoms with Crippen molar-refractivity contribution in [3.63, 3.8) is 0 Å². The van der Waals surface area contributed by atoms with Crippen LogP contribution < -0.4 is 0 Å². The van der Waals surface area contributed by atoms with Gasteiger partial charge in [0.1, 0.15) is 0 Å². The fourth-order valence-electron chi connectivity index (χ4n) is 3.55. The van der Waals surface area contributed by atoms with Crippen molar-refractivity contribution >= 4 is 81.3 Å². The minimum absolute atomic E-state index is 0.0146. The van der Waals surface area contributed by atoms with Crippen LogP contribution in [0.5, 0.6) is 0 Å². The van der Waals surface area contributed by atoms with Crippen LogP contribution in [-0.2, 0) is 4.79 Å². The standard InChI is InChI=1S/C24H25Br2Cl2N3O2Se/c1-13(2)11-30(12-14(3)4)21(33)10-18(32)23-22(26)24(19-7-8-20(25)34-19)31(29-23)17-6-5-15(27)9-16(17)28/h5-9,13-14H,10-12H2,1-4H3. The molecule has 3 rings (SSSR count). The quantitative estimate of drug-likeness (QED) is 0.136. The Kier molecular flexibility index (Phi) is 9.69. The zero-order chi connectivity index (χ0) is 25.2. The average molecular weight is 697 g/mol. The summed E-state index contributed by atoms with van der Waals surface area (Å²) in [5.41, 5.74) is 1.56. The van der Waals surface area contributed by atoms with Gasteiger partial charge >= 0.3 is 234 Å². The molecule has 0 atom stereocenters. The number of benzene rings is 1. The van der Waals surface area contributed by atoms with E-state index in [0.29, 0.717) is 45.1 Å². The molecule has 0 radical (unpaired) electrons. The molecule has 0 saturated carbocycles. The summed E-state index contributed by atoms with van der Waals surface area (Å²) >= 11 is 19.8. The van der Waals surface area contributed by atoms with E-state index in [1.165, 1.54) is 0 Å². The van der Waals surface area contributed by atoms with Crippen molar-refractivity contribution in [3.8, 4) is 15.8 Å². The Bertz CT molecular complexity index is 1200. The van der Waals surface area contributed by atoms with Gasteiger partial charge < -0.3 is 0 Å². The summed E-state index contributed by atoms with van der Waals surface area (Å²) in [5, 5.41) is 5.55. The predicted molar refractivity (Wildman–Crippen MR) is 147 cm³/mol. The number of amides is 1. The first kappa shape index (κ1) is 27.7. The Morgan fingerprint density at radius 2 is 1.71 bits per heavy atom. The summed E-state index contributed by atoms with van der Waals surface area (Å²) < 4.78 is 4.32. The van der Waals surface area contributed by atoms with Crippen molar-refractivity contribution in [2.45, 2.75) is 34.1 Å². The first-order chi connectivity index (χ1) is 16.0. The zero-order valence-corrected chi connectivity index (χ0v) is 25.6. The molecule has 0 unspecified atom stereocenters. The Labute approximate surface area is 232 Å². The number of hydrogen-bond acceptors (Lipinski definition) is 3. The Balaban J connectivity index is 2.02. The zero-order valence-electron chi connectivity index (χ0n) is 19.2. The third-order valence-corrected chi connectivity index (χ3v) is 9.11. The van der Waals surface area contributed by atoms with Gasteiger partial charge in [-0.05, 0) is 0 Å². The van der Waals surface area contributed by atoms with Crippen LogP contribution in [-0.4, -0.2) is 54.0 Å². The number of carbonyl (C=O) groups excluding carboxylic acids is 2. The van der Waals surface area contributed by atoms with E-state index in [9.17, 15) is 9.59 Å². The fourth-order valence-corrected chi connectivity index (χ4v) is 7.67. The van der Waals surface area contributed by atoms with E-state index in [0.717, 1.165) is 13.5 Å². The molecule has 2 aromatic heterocycles. The van der Waals surface area contributed by atoms with Crippen LogP contribution in [0.2, 0.25) is 10.0 Å². The molecule has 0 saturated heterocycles. The summed E-state index contributed by atoms with van der Waals surface area (Å²) in [6, 6.07) is 9.12. The van der Waals surface area contributed by atoms with Crippen molar-refractivity contribution in [1.29, 1.82) is 0 Å². The third kappa shape index (κ3) is 6.65. The van der Waals surface area contributed by atoms with Crippen LogP contribution in [0.1, 0.15) is 44.6 Å². The number of halogens is 4. The van der Waals surface area contributed by atoms with Gasteiger partial charge in [-0.25, -0.2) is 0 Å². The van der Waals surface area contributed by atoms with Crippen molar-refractivity contribution in [3.05, 3.63) is 53.9 Å². The molecule has 1 amide bonds. The summed E-state index contributed by atoms with van der Waals surface area (Å²) in [6.45, 7) is 9.47. The van der Waals surface area contributed by atoms with E-state index in [2.05, 4.69) is 64.7 Å². The number of carbonyl (C=O) groups is 2. The van der Waals surface area contributed by atoms with Crippen LogP contribution in [0.25, 0.3) is 15.8 Å².